The molecule has 1 heterocycles. The Morgan fingerprint density at radius 1 is 1.14 bits per heavy atom. The number of benzene rings is 2. The van der Waals surface area contributed by atoms with Crippen LogP contribution in [0.1, 0.15) is 16.1 Å². The molecule has 3 rings (SSSR count). The van der Waals surface area contributed by atoms with Gasteiger partial charge in [0.05, 0.1) is 5.02 Å². The maximum Gasteiger partial charge on any atom is 0.202 e. The molecule has 106 valence electrons. The van der Waals surface area contributed by atoms with Crippen LogP contribution in [-0.2, 0) is 6.42 Å². The predicted molar refractivity (Wildman–Crippen MR) is 80.7 cm³/mol. The van der Waals surface area contributed by atoms with E-state index in [1.54, 1.807) is 30.3 Å². The lowest BCUT2D eigenvalue weighted by Crippen LogP contribution is -2.04. The smallest absolute Gasteiger partial charge is 0.202 e. The highest BCUT2D eigenvalue weighted by atomic mass is 35.5. The van der Waals surface area contributed by atoms with Crippen LogP contribution in [0.2, 0.25) is 10.0 Å². The van der Waals surface area contributed by atoms with Gasteiger partial charge >= 0.3 is 0 Å². The number of halogens is 3. The summed E-state index contributed by atoms with van der Waals surface area (Å²) < 4.78 is 19.3. The molecule has 0 radical (unpaired) electrons. The first-order valence-electron chi connectivity index (χ1n) is 6.20. The fraction of sp³-hybridized carbons (Fsp3) is 0.0625. The van der Waals surface area contributed by atoms with Crippen LogP contribution in [-0.4, -0.2) is 5.78 Å². The third kappa shape index (κ3) is 2.80. The standard InChI is InChI=1S/C16H9Cl2FO2/c17-11-4-5-14-10(6-11)8-15(21-14)13(20)7-9-2-1-3-12(18)16(9)19/h1-6,8H,7H2. The molecule has 0 aliphatic carbocycles. The Balaban J connectivity index is 1.91. The van der Waals surface area contributed by atoms with Crippen LogP contribution in [0.5, 0.6) is 0 Å². The van der Waals surface area contributed by atoms with Gasteiger partial charge < -0.3 is 4.42 Å². The summed E-state index contributed by atoms with van der Waals surface area (Å²) in [5.41, 5.74) is 0.806. The average molecular weight is 323 g/mol. The first-order chi connectivity index (χ1) is 10.0. The van der Waals surface area contributed by atoms with E-state index in [2.05, 4.69) is 0 Å². The van der Waals surface area contributed by atoms with Crippen molar-refractivity contribution in [3.63, 3.8) is 0 Å². The number of carbonyl (C=O) groups is 1. The number of furan rings is 1. The maximum atomic E-state index is 13.8. The summed E-state index contributed by atoms with van der Waals surface area (Å²) in [6.07, 6.45) is -0.111. The van der Waals surface area contributed by atoms with Gasteiger partial charge in [-0.15, -0.1) is 0 Å². The number of hydrogen-bond donors (Lipinski definition) is 0. The van der Waals surface area contributed by atoms with Crippen molar-refractivity contribution in [3.8, 4) is 0 Å². The summed E-state index contributed by atoms with van der Waals surface area (Å²) >= 11 is 11.6. The van der Waals surface area contributed by atoms with E-state index in [4.69, 9.17) is 27.6 Å². The molecule has 0 saturated heterocycles. The first kappa shape index (κ1) is 14.1. The minimum Gasteiger partial charge on any atom is -0.453 e. The molecule has 5 heteroatoms. The van der Waals surface area contributed by atoms with Crippen molar-refractivity contribution in [1.29, 1.82) is 0 Å². The molecule has 0 atom stereocenters. The van der Waals surface area contributed by atoms with E-state index < -0.39 is 5.82 Å². The number of ketones is 1. The third-order valence-corrected chi connectivity index (χ3v) is 3.66. The third-order valence-electron chi connectivity index (χ3n) is 3.14. The van der Waals surface area contributed by atoms with Gasteiger partial charge in [-0.3, -0.25) is 4.79 Å². The second-order valence-corrected chi connectivity index (χ2v) is 5.45. The Kier molecular flexibility index (Phi) is 3.70. The van der Waals surface area contributed by atoms with Gasteiger partial charge in [0.15, 0.2) is 5.76 Å². The van der Waals surface area contributed by atoms with E-state index in [1.807, 2.05) is 0 Å². The van der Waals surface area contributed by atoms with Crippen molar-refractivity contribution < 1.29 is 13.6 Å². The molecule has 0 aliphatic rings. The van der Waals surface area contributed by atoms with E-state index >= 15 is 0 Å². The van der Waals surface area contributed by atoms with Gasteiger partial charge in [0.1, 0.15) is 11.4 Å². The number of Topliss-reactive ketones (excluding diaryl/α,β-unsaturated/α-hetero) is 1. The normalized spacial score (nSPS) is 11.0. The Bertz CT molecular complexity index is 839. The summed E-state index contributed by atoms with van der Waals surface area (Å²) in [6, 6.07) is 11.2. The average Bonchev–Trinajstić information content (AvgIpc) is 2.87. The van der Waals surface area contributed by atoms with Crippen LogP contribution in [0, 0.1) is 5.82 Å². The van der Waals surface area contributed by atoms with Gasteiger partial charge in [0, 0.05) is 16.8 Å². The lowest BCUT2D eigenvalue weighted by atomic mass is 10.1. The maximum absolute atomic E-state index is 13.8. The first-order valence-corrected chi connectivity index (χ1v) is 6.95. The monoisotopic (exact) mass is 322 g/mol. The minimum atomic E-state index is -0.577. The highest BCUT2D eigenvalue weighted by Gasteiger charge is 2.16. The summed E-state index contributed by atoms with van der Waals surface area (Å²) in [6.45, 7) is 0. The van der Waals surface area contributed by atoms with Crippen LogP contribution in [0.15, 0.2) is 46.9 Å². The number of rotatable bonds is 3. The number of carbonyl (C=O) groups excluding carboxylic acids is 1. The van der Waals surface area contributed by atoms with Crippen LogP contribution in [0.3, 0.4) is 0 Å². The van der Waals surface area contributed by atoms with Crippen molar-refractivity contribution in [2.24, 2.45) is 0 Å². The Morgan fingerprint density at radius 2 is 1.95 bits per heavy atom. The summed E-state index contributed by atoms with van der Waals surface area (Å²) in [4.78, 5) is 12.2. The largest absolute Gasteiger partial charge is 0.453 e. The molecule has 2 aromatic carbocycles. The molecular weight excluding hydrogens is 314 g/mol. The summed E-state index contributed by atoms with van der Waals surface area (Å²) in [5.74, 6) is -0.721. The van der Waals surface area contributed by atoms with Crippen molar-refractivity contribution >= 4 is 40.0 Å². The summed E-state index contributed by atoms with van der Waals surface area (Å²) in [5, 5.41) is 1.29. The van der Waals surface area contributed by atoms with Crippen LogP contribution in [0.25, 0.3) is 11.0 Å². The highest BCUT2D eigenvalue weighted by molar-refractivity contribution is 6.31. The molecule has 0 fully saturated rings. The predicted octanol–water partition coefficient (Wildman–Crippen LogP) is 5.30. The van der Waals surface area contributed by atoms with E-state index in [9.17, 15) is 9.18 Å². The molecule has 21 heavy (non-hydrogen) atoms. The van der Waals surface area contributed by atoms with Gasteiger partial charge in [0.2, 0.25) is 5.78 Å². The molecule has 0 amide bonds. The highest BCUT2D eigenvalue weighted by Crippen LogP contribution is 2.25. The topological polar surface area (TPSA) is 30.2 Å². The number of hydrogen-bond acceptors (Lipinski definition) is 2. The minimum absolute atomic E-state index is 0.00307. The Hall–Kier alpha value is -1.84. The van der Waals surface area contributed by atoms with Gasteiger partial charge in [-0.2, -0.15) is 0 Å². The summed E-state index contributed by atoms with van der Waals surface area (Å²) in [7, 11) is 0. The van der Waals surface area contributed by atoms with E-state index in [0.29, 0.717) is 10.6 Å². The van der Waals surface area contributed by atoms with E-state index in [-0.39, 0.29) is 28.6 Å². The molecule has 3 aromatic rings. The van der Waals surface area contributed by atoms with E-state index in [0.717, 1.165) is 5.39 Å². The SMILES string of the molecule is O=C(Cc1cccc(Cl)c1F)c1cc2cc(Cl)ccc2o1. The lowest BCUT2D eigenvalue weighted by Gasteiger charge is -2.02. The van der Waals surface area contributed by atoms with Crippen LogP contribution < -0.4 is 0 Å². The van der Waals surface area contributed by atoms with Crippen LogP contribution in [0.4, 0.5) is 4.39 Å². The molecule has 0 aliphatic heterocycles. The van der Waals surface area contributed by atoms with Crippen molar-refractivity contribution in [3.05, 3.63) is 69.7 Å². The quantitative estimate of drug-likeness (QED) is 0.612. The molecular formula is C16H9Cl2FO2. The zero-order valence-electron chi connectivity index (χ0n) is 10.7. The second kappa shape index (κ2) is 5.51. The molecule has 1 aromatic heterocycles. The van der Waals surface area contributed by atoms with Crippen molar-refractivity contribution in [2.75, 3.05) is 0 Å². The molecule has 0 bridgehead atoms. The molecule has 0 unspecified atom stereocenters. The Morgan fingerprint density at radius 3 is 2.76 bits per heavy atom. The molecule has 0 N–H and O–H groups in total. The zero-order valence-corrected chi connectivity index (χ0v) is 12.2. The van der Waals surface area contributed by atoms with Gasteiger partial charge in [0.25, 0.3) is 0 Å². The Labute approximate surface area is 130 Å². The second-order valence-electron chi connectivity index (χ2n) is 4.61. The molecule has 2 nitrogen and oxygen atoms in total. The van der Waals surface area contributed by atoms with Gasteiger partial charge in [-0.05, 0) is 35.9 Å². The van der Waals surface area contributed by atoms with E-state index in [1.165, 1.54) is 12.1 Å². The number of fused-ring (bicyclic) bond motifs is 1. The molecule has 0 spiro atoms. The fourth-order valence-electron chi connectivity index (χ4n) is 2.10. The van der Waals surface area contributed by atoms with Gasteiger partial charge in [-0.1, -0.05) is 35.3 Å². The van der Waals surface area contributed by atoms with Crippen LogP contribution >= 0.6 is 23.2 Å². The van der Waals surface area contributed by atoms with Crippen molar-refractivity contribution in [1.82, 2.24) is 0 Å². The molecule has 0 saturated carbocycles. The zero-order chi connectivity index (χ0) is 15.0. The fourth-order valence-corrected chi connectivity index (χ4v) is 2.47. The van der Waals surface area contributed by atoms with Gasteiger partial charge in [-0.25, -0.2) is 4.39 Å². The lowest BCUT2D eigenvalue weighted by molar-refractivity contribution is 0.0967. The van der Waals surface area contributed by atoms with Crippen molar-refractivity contribution in [2.45, 2.75) is 6.42 Å².